The molecule has 2 aromatic rings. The zero-order valence-electron chi connectivity index (χ0n) is 14.2. The third-order valence-electron chi connectivity index (χ3n) is 3.38. The minimum absolute atomic E-state index is 0.324. The zero-order valence-corrected chi connectivity index (χ0v) is 16.7. The molecular formula is C19H23BrNO2P. The van der Waals surface area contributed by atoms with E-state index in [4.69, 9.17) is 10.5 Å². The Morgan fingerprint density at radius 3 is 1.75 bits per heavy atom. The van der Waals surface area contributed by atoms with Crippen LogP contribution >= 0.6 is 23.9 Å². The monoisotopic (exact) mass is 407 g/mol. The average Bonchev–Trinajstić information content (AvgIpc) is 2.55. The van der Waals surface area contributed by atoms with Crippen LogP contribution in [-0.4, -0.2) is 22.2 Å². The lowest BCUT2D eigenvalue weighted by Crippen LogP contribution is -2.54. The topological polar surface area (TPSA) is 52.3 Å². The highest BCUT2D eigenvalue weighted by Crippen LogP contribution is 2.47. The second-order valence-electron chi connectivity index (χ2n) is 6.57. The number of hydrogen-bond acceptors (Lipinski definition) is 3. The summed E-state index contributed by atoms with van der Waals surface area (Å²) in [6, 6.07) is 19.9. The molecule has 2 N–H and O–H groups in total. The predicted molar refractivity (Wildman–Crippen MR) is 106 cm³/mol. The fourth-order valence-corrected chi connectivity index (χ4v) is 5.83. The summed E-state index contributed by atoms with van der Waals surface area (Å²) in [5, 5.41) is 1.27. The number of benzene rings is 2. The van der Waals surface area contributed by atoms with Gasteiger partial charge < -0.3 is 10.5 Å². The molecule has 0 aliphatic heterocycles. The summed E-state index contributed by atoms with van der Waals surface area (Å²) in [4.78, 5) is 12.9. The molecule has 3 nitrogen and oxygen atoms in total. The van der Waals surface area contributed by atoms with Crippen molar-refractivity contribution in [2.75, 3.05) is 5.33 Å². The molecule has 0 saturated heterocycles. The number of ether oxygens (including phenoxy) is 1. The highest BCUT2D eigenvalue weighted by atomic mass is 79.9. The van der Waals surface area contributed by atoms with Gasteiger partial charge in [0.1, 0.15) is 5.60 Å². The number of alkyl halides is 1. The molecule has 24 heavy (non-hydrogen) atoms. The Hall–Kier alpha value is -1.22. The van der Waals surface area contributed by atoms with Gasteiger partial charge in [-0.05, 0) is 39.3 Å². The van der Waals surface area contributed by atoms with Crippen LogP contribution in [0.5, 0.6) is 0 Å². The lowest BCUT2D eigenvalue weighted by atomic mass is 10.2. The Kier molecular flexibility index (Phi) is 6.19. The average molecular weight is 408 g/mol. The lowest BCUT2D eigenvalue weighted by Gasteiger charge is -2.37. The van der Waals surface area contributed by atoms with E-state index in [1.165, 1.54) is 0 Å². The minimum Gasteiger partial charge on any atom is -0.458 e. The highest BCUT2D eigenvalue weighted by Gasteiger charge is 2.45. The van der Waals surface area contributed by atoms with E-state index in [1.54, 1.807) is 0 Å². The third kappa shape index (κ3) is 4.44. The first kappa shape index (κ1) is 19.1. The van der Waals surface area contributed by atoms with Gasteiger partial charge in [-0.25, -0.2) is 4.79 Å². The molecule has 2 rings (SSSR count). The first-order chi connectivity index (χ1) is 11.3. The van der Waals surface area contributed by atoms with E-state index in [0.29, 0.717) is 5.33 Å². The van der Waals surface area contributed by atoms with Crippen LogP contribution in [-0.2, 0) is 9.53 Å². The molecular weight excluding hydrogens is 385 g/mol. The number of hydrogen-bond donors (Lipinski definition) is 1. The maximum Gasteiger partial charge on any atom is 0.332 e. The second kappa shape index (κ2) is 7.77. The molecule has 0 bridgehead atoms. The van der Waals surface area contributed by atoms with E-state index in [1.807, 2.05) is 81.4 Å². The van der Waals surface area contributed by atoms with Gasteiger partial charge in [-0.3, -0.25) is 0 Å². The van der Waals surface area contributed by atoms with Crippen LogP contribution in [0, 0.1) is 0 Å². The van der Waals surface area contributed by atoms with Crippen LogP contribution in [0.4, 0.5) is 0 Å². The molecule has 0 radical (unpaired) electrons. The normalized spacial score (nSPS) is 14.2. The van der Waals surface area contributed by atoms with Crippen LogP contribution in [0.2, 0.25) is 0 Å². The highest BCUT2D eigenvalue weighted by molar-refractivity contribution is 9.09. The zero-order chi connectivity index (χ0) is 17.8. The van der Waals surface area contributed by atoms with E-state index in [9.17, 15) is 4.79 Å². The molecule has 0 fully saturated rings. The predicted octanol–water partition coefficient (Wildman–Crippen LogP) is 3.51. The summed E-state index contributed by atoms with van der Waals surface area (Å²) in [5.74, 6) is -0.384. The van der Waals surface area contributed by atoms with E-state index in [0.717, 1.165) is 10.6 Å². The number of rotatable bonds is 5. The summed E-state index contributed by atoms with van der Waals surface area (Å²) in [7, 11) is -1.13. The molecule has 0 aliphatic rings. The summed E-state index contributed by atoms with van der Waals surface area (Å²) in [6.45, 7) is 5.56. The van der Waals surface area contributed by atoms with Gasteiger partial charge in [-0.15, -0.1) is 0 Å². The molecule has 0 aliphatic carbocycles. The van der Waals surface area contributed by atoms with Gasteiger partial charge in [-0.2, -0.15) is 0 Å². The van der Waals surface area contributed by atoms with Crippen molar-refractivity contribution in [3.63, 3.8) is 0 Å². The van der Waals surface area contributed by atoms with Crippen LogP contribution < -0.4 is 16.3 Å². The SMILES string of the molecule is CC(C)(C)OC(=O)C(N)(CBr)P(c1ccccc1)c1ccccc1. The summed E-state index contributed by atoms with van der Waals surface area (Å²) < 4.78 is 5.64. The summed E-state index contributed by atoms with van der Waals surface area (Å²) in [5.41, 5.74) is 6.08. The van der Waals surface area contributed by atoms with Gasteiger partial charge in [0, 0.05) is 5.33 Å². The lowest BCUT2D eigenvalue weighted by molar-refractivity contribution is -0.157. The Balaban J connectivity index is 2.54. The quantitative estimate of drug-likeness (QED) is 0.468. The third-order valence-corrected chi connectivity index (χ3v) is 7.47. The molecule has 0 saturated carbocycles. The van der Waals surface area contributed by atoms with Gasteiger partial charge >= 0.3 is 5.97 Å². The Labute approximate surface area is 153 Å². The van der Waals surface area contributed by atoms with Gasteiger partial charge in [0.2, 0.25) is 0 Å². The van der Waals surface area contributed by atoms with Gasteiger partial charge in [0.25, 0.3) is 0 Å². The van der Waals surface area contributed by atoms with Gasteiger partial charge in [-0.1, -0.05) is 76.6 Å². The number of carbonyl (C=O) groups excluding carboxylic acids is 1. The Morgan fingerprint density at radius 2 is 1.42 bits per heavy atom. The number of nitrogens with two attached hydrogens (primary N) is 1. The van der Waals surface area contributed by atoms with Crippen molar-refractivity contribution < 1.29 is 9.53 Å². The summed E-state index contributed by atoms with van der Waals surface area (Å²) in [6.07, 6.45) is 0. The molecule has 1 unspecified atom stereocenters. The molecule has 0 heterocycles. The summed E-state index contributed by atoms with van der Waals surface area (Å²) >= 11 is 3.47. The van der Waals surface area contributed by atoms with Crippen LogP contribution in [0.3, 0.4) is 0 Å². The molecule has 2 aromatic carbocycles. The second-order valence-corrected chi connectivity index (χ2v) is 9.63. The van der Waals surface area contributed by atoms with Crippen LogP contribution in [0.1, 0.15) is 20.8 Å². The molecule has 0 amide bonds. The van der Waals surface area contributed by atoms with Crippen molar-refractivity contribution in [2.45, 2.75) is 31.7 Å². The maximum absolute atomic E-state index is 12.9. The number of halogens is 1. The smallest absolute Gasteiger partial charge is 0.332 e. The standard InChI is InChI=1S/C19H23BrNO2P/c1-18(2,3)23-17(22)19(21,14-20)24(15-10-6-4-7-11-15)16-12-8-5-9-13-16/h4-13H,14,21H2,1-3H3. The number of carbonyl (C=O) groups is 1. The minimum atomic E-state index is -1.15. The Morgan fingerprint density at radius 1 is 1.00 bits per heavy atom. The molecule has 5 heteroatoms. The fourth-order valence-electron chi connectivity index (χ4n) is 2.34. The maximum atomic E-state index is 12.9. The van der Waals surface area contributed by atoms with E-state index >= 15 is 0 Å². The van der Waals surface area contributed by atoms with E-state index < -0.39 is 18.8 Å². The first-order valence-electron chi connectivity index (χ1n) is 7.76. The van der Waals surface area contributed by atoms with Crippen molar-refractivity contribution >= 4 is 40.4 Å². The van der Waals surface area contributed by atoms with Crippen molar-refractivity contribution in [3.8, 4) is 0 Å². The molecule has 0 spiro atoms. The number of esters is 1. The molecule has 128 valence electrons. The van der Waals surface area contributed by atoms with Crippen molar-refractivity contribution in [3.05, 3.63) is 60.7 Å². The molecule has 0 aromatic heterocycles. The van der Waals surface area contributed by atoms with Crippen LogP contribution in [0.15, 0.2) is 60.7 Å². The van der Waals surface area contributed by atoms with Crippen molar-refractivity contribution in [2.24, 2.45) is 5.73 Å². The van der Waals surface area contributed by atoms with Gasteiger partial charge in [0.15, 0.2) is 5.28 Å². The van der Waals surface area contributed by atoms with E-state index in [-0.39, 0.29) is 5.97 Å². The Bertz CT molecular complexity index is 633. The first-order valence-corrected chi connectivity index (χ1v) is 10.2. The van der Waals surface area contributed by atoms with Crippen LogP contribution in [0.25, 0.3) is 0 Å². The van der Waals surface area contributed by atoms with E-state index in [2.05, 4.69) is 15.9 Å². The van der Waals surface area contributed by atoms with Gasteiger partial charge in [0.05, 0.1) is 0 Å². The van der Waals surface area contributed by atoms with Crippen molar-refractivity contribution in [1.29, 1.82) is 0 Å². The fraction of sp³-hybridized carbons (Fsp3) is 0.316. The largest absolute Gasteiger partial charge is 0.458 e. The van der Waals surface area contributed by atoms with Crippen molar-refractivity contribution in [1.82, 2.24) is 0 Å². The molecule has 1 atom stereocenters.